The Hall–Kier alpha value is -2.37. The first-order chi connectivity index (χ1) is 15.9. The summed E-state index contributed by atoms with van der Waals surface area (Å²) >= 11 is 0. The maximum Gasteiger partial charge on any atom is 0.306 e. The summed E-state index contributed by atoms with van der Waals surface area (Å²) in [7, 11) is 0. The summed E-state index contributed by atoms with van der Waals surface area (Å²) in [6, 6.07) is 5.04. The maximum atomic E-state index is 15.2. The number of fused-ring (bicyclic) bond motifs is 1. The van der Waals surface area contributed by atoms with Crippen LogP contribution in [0.1, 0.15) is 69.4 Å². The number of hydrogen-bond acceptors (Lipinski definition) is 2. The normalized spacial score (nSPS) is 22.6. The van der Waals surface area contributed by atoms with Crippen molar-refractivity contribution in [2.24, 2.45) is 11.8 Å². The van der Waals surface area contributed by atoms with E-state index < -0.39 is 23.3 Å². The molecule has 0 aliphatic heterocycles. The van der Waals surface area contributed by atoms with Gasteiger partial charge in [-0.05, 0) is 92.0 Å². The van der Waals surface area contributed by atoms with Crippen LogP contribution in [0.5, 0.6) is 0 Å². The van der Waals surface area contributed by atoms with Crippen molar-refractivity contribution in [1.29, 1.82) is 0 Å². The van der Waals surface area contributed by atoms with E-state index in [9.17, 15) is 18.0 Å². The van der Waals surface area contributed by atoms with Gasteiger partial charge in [0.05, 0.1) is 0 Å². The minimum atomic E-state index is -1.55. The van der Waals surface area contributed by atoms with Crippen molar-refractivity contribution >= 4 is 5.97 Å². The summed E-state index contributed by atoms with van der Waals surface area (Å²) in [4.78, 5) is 11.9. The Labute approximate surface area is 192 Å². The highest BCUT2D eigenvalue weighted by Crippen LogP contribution is 2.40. The van der Waals surface area contributed by atoms with Gasteiger partial charge in [-0.2, -0.15) is 0 Å². The Balaban J connectivity index is 1.40. The van der Waals surface area contributed by atoms with E-state index >= 15 is 4.39 Å². The van der Waals surface area contributed by atoms with E-state index in [4.69, 9.17) is 4.74 Å². The van der Waals surface area contributed by atoms with Crippen LogP contribution in [0.4, 0.5) is 17.6 Å². The third kappa shape index (κ3) is 5.25. The molecule has 4 rings (SSSR count). The summed E-state index contributed by atoms with van der Waals surface area (Å²) in [5.41, 5.74) is 1.62. The molecule has 1 saturated carbocycles. The first kappa shape index (κ1) is 23.8. The van der Waals surface area contributed by atoms with Gasteiger partial charge in [-0.15, -0.1) is 0 Å². The highest BCUT2D eigenvalue weighted by Gasteiger charge is 2.32. The van der Waals surface area contributed by atoms with E-state index in [-0.39, 0.29) is 23.2 Å². The minimum absolute atomic E-state index is 0.000583. The molecule has 2 aromatic carbocycles. The average Bonchev–Trinajstić information content (AvgIpc) is 2.81. The van der Waals surface area contributed by atoms with Crippen molar-refractivity contribution in [1.82, 2.24) is 0 Å². The molecule has 0 saturated heterocycles. The van der Waals surface area contributed by atoms with Gasteiger partial charge >= 0.3 is 5.97 Å². The number of carbonyl (C=O) groups is 1. The number of carbonyl (C=O) groups excluding carboxylic acids is 1. The number of esters is 1. The Morgan fingerprint density at radius 1 is 0.939 bits per heavy atom. The van der Waals surface area contributed by atoms with Crippen molar-refractivity contribution in [3.63, 3.8) is 0 Å². The fourth-order valence-electron chi connectivity index (χ4n) is 5.42. The third-order valence-electron chi connectivity index (χ3n) is 7.30. The topological polar surface area (TPSA) is 26.3 Å². The number of halogens is 4. The van der Waals surface area contributed by atoms with Crippen LogP contribution >= 0.6 is 0 Å². The average molecular weight is 463 g/mol. The van der Waals surface area contributed by atoms with Crippen LogP contribution in [0.25, 0.3) is 11.1 Å². The second kappa shape index (κ2) is 10.3. The second-order valence-electron chi connectivity index (χ2n) is 9.45. The van der Waals surface area contributed by atoms with Crippen molar-refractivity contribution in [3.05, 3.63) is 58.7 Å². The van der Waals surface area contributed by atoms with Gasteiger partial charge in [-0.3, -0.25) is 4.79 Å². The molecule has 33 heavy (non-hydrogen) atoms. The molecule has 2 aliphatic carbocycles. The molecule has 0 radical (unpaired) electrons. The Bertz CT molecular complexity index is 988. The zero-order valence-corrected chi connectivity index (χ0v) is 18.9. The van der Waals surface area contributed by atoms with Gasteiger partial charge in [0.2, 0.25) is 0 Å². The molecule has 1 fully saturated rings. The lowest BCUT2D eigenvalue weighted by molar-refractivity contribution is -0.151. The molecule has 0 N–H and O–H groups in total. The highest BCUT2D eigenvalue weighted by atomic mass is 19.2. The van der Waals surface area contributed by atoms with Gasteiger partial charge < -0.3 is 4.74 Å². The van der Waals surface area contributed by atoms with Crippen LogP contribution in [0.2, 0.25) is 0 Å². The molecule has 1 atom stereocenters. The van der Waals surface area contributed by atoms with Crippen LogP contribution in [-0.2, 0) is 22.4 Å². The van der Waals surface area contributed by atoms with Gasteiger partial charge in [0, 0.05) is 12.0 Å². The lowest BCUT2D eigenvalue weighted by Gasteiger charge is -2.36. The molecule has 2 nitrogen and oxygen atoms in total. The molecule has 0 heterocycles. The zero-order valence-electron chi connectivity index (χ0n) is 18.9. The summed E-state index contributed by atoms with van der Waals surface area (Å²) in [5, 5.41) is 0. The fraction of sp³-hybridized carbons (Fsp3) is 0.519. The van der Waals surface area contributed by atoms with Crippen molar-refractivity contribution in [2.45, 2.75) is 77.2 Å². The zero-order chi connectivity index (χ0) is 23.5. The van der Waals surface area contributed by atoms with Crippen LogP contribution < -0.4 is 0 Å². The monoisotopic (exact) mass is 462 g/mol. The molecule has 0 amide bonds. The number of benzene rings is 2. The Kier molecular flexibility index (Phi) is 7.40. The molecular formula is C27H30F4O2. The van der Waals surface area contributed by atoms with Gasteiger partial charge in [-0.25, -0.2) is 17.6 Å². The van der Waals surface area contributed by atoms with Gasteiger partial charge in [0.25, 0.3) is 0 Å². The smallest absolute Gasteiger partial charge is 0.306 e. The quantitative estimate of drug-likeness (QED) is 0.256. The molecule has 0 spiro atoms. The van der Waals surface area contributed by atoms with E-state index in [1.54, 1.807) is 0 Å². The SMILES string of the molecule is CCCCC(=O)OC1CCC(C2CCc3c(ccc(-c4cc(F)c(F)c(F)c4)c3F)C2)CC1. The second-order valence-corrected chi connectivity index (χ2v) is 9.45. The molecule has 2 aliphatic rings. The molecule has 0 bridgehead atoms. The van der Waals surface area contributed by atoms with Crippen LogP contribution in [0.15, 0.2) is 24.3 Å². The lowest BCUT2D eigenvalue weighted by atomic mass is 9.71. The summed E-state index contributed by atoms with van der Waals surface area (Å²) < 4.78 is 61.4. The number of hydrogen-bond donors (Lipinski definition) is 0. The minimum Gasteiger partial charge on any atom is -0.462 e. The van der Waals surface area contributed by atoms with Gasteiger partial charge in [0.15, 0.2) is 17.5 Å². The van der Waals surface area contributed by atoms with E-state index in [1.807, 2.05) is 6.07 Å². The fourth-order valence-corrected chi connectivity index (χ4v) is 5.42. The molecule has 0 aromatic heterocycles. The molecule has 6 heteroatoms. The molecule has 1 unspecified atom stereocenters. The predicted octanol–water partition coefficient (Wildman–Crippen LogP) is 7.31. The first-order valence-electron chi connectivity index (χ1n) is 12.0. The van der Waals surface area contributed by atoms with Crippen molar-refractivity contribution < 1.29 is 27.1 Å². The van der Waals surface area contributed by atoms with E-state index in [0.29, 0.717) is 30.2 Å². The Morgan fingerprint density at radius 2 is 1.64 bits per heavy atom. The summed E-state index contributed by atoms with van der Waals surface area (Å²) in [6.45, 7) is 2.05. The van der Waals surface area contributed by atoms with Crippen molar-refractivity contribution in [2.75, 3.05) is 0 Å². The maximum absolute atomic E-state index is 15.2. The lowest BCUT2D eigenvalue weighted by Crippen LogP contribution is -2.30. The van der Waals surface area contributed by atoms with E-state index in [2.05, 4.69) is 6.92 Å². The largest absolute Gasteiger partial charge is 0.462 e. The molecule has 178 valence electrons. The standard InChI is InChI=1S/C27H30F4O2/c1-2-3-4-25(32)33-20-9-5-16(6-10-20)17-7-11-21-18(13-17)8-12-22(26(21)30)19-14-23(28)27(31)24(29)15-19/h8,12,14-17,20H,2-7,9-11,13H2,1H3. The molecule has 2 aromatic rings. The van der Waals surface area contributed by atoms with Gasteiger partial charge in [-0.1, -0.05) is 25.5 Å². The highest BCUT2D eigenvalue weighted by molar-refractivity contribution is 5.69. The van der Waals surface area contributed by atoms with Gasteiger partial charge in [0.1, 0.15) is 11.9 Å². The third-order valence-corrected chi connectivity index (χ3v) is 7.30. The molecular weight excluding hydrogens is 432 g/mol. The predicted molar refractivity (Wildman–Crippen MR) is 119 cm³/mol. The van der Waals surface area contributed by atoms with E-state index in [1.165, 1.54) is 6.07 Å². The van der Waals surface area contributed by atoms with Crippen LogP contribution in [0, 0.1) is 35.1 Å². The van der Waals surface area contributed by atoms with Crippen molar-refractivity contribution in [3.8, 4) is 11.1 Å². The van der Waals surface area contributed by atoms with Crippen LogP contribution in [0.3, 0.4) is 0 Å². The number of unbranched alkanes of at least 4 members (excludes halogenated alkanes) is 1. The first-order valence-corrected chi connectivity index (χ1v) is 12.0. The number of rotatable bonds is 6. The summed E-state index contributed by atoms with van der Waals surface area (Å²) in [5.74, 6) is -3.81. The summed E-state index contributed by atoms with van der Waals surface area (Å²) in [6.07, 6.45) is 8.28. The van der Waals surface area contributed by atoms with Crippen LogP contribution in [-0.4, -0.2) is 12.1 Å². The van der Waals surface area contributed by atoms with E-state index in [0.717, 1.165) is 69.1 Å². The Morgan fingerprint density at radius 3 is 2.30 bits per heavy atom. The number of ether oxygens (including phenoxy) is 1.